The van der Waals surface area contributed by atoms with Crippen molar-refractivity contribution in [1.29, 1.82) is 0 Å². The maximum atomic E-state index is 13.2. The Morgan fingerprint density at radius 3 is 1.94 bits per heavy atom. The van der Waals surface area contributed by atoms with E-state index >= 15 is 0 Å². The van der Waals surface area contributed by atoms with E-state index in [9.17, 15) is 25.6 Å². The lowest BCUT2D eigenvalue weighted by Gasteiger charge is -2.07. The minimum atomic E-state index is -4.59. The number of aliphatic hydroxyl groups excluding tert-OH is 1. The minimum absolute atomic E-state index is 0.419. The van der Waals surface area contributed by atoms with Gasteiger partial charge in [-0.2, -0.15) is 0 Å². The van der Waals surface area contributed by atoms with Crippen molar-refractivity contribution in [2.24, 2.45) is 0 Å². The molecule has 1 rings (SSSR count). The van der Waals surface area contributed by atoms with Gasteiger partial charge in [0.1, 0.15) is 11.6 Å². The van der Waals surface area contributed by atoms with Crippen LogP contribution in [-0.4, -0.2) is 28.2 Å². The predicted molar refractivity (Wildman–Crippen MR) is 57.4 cm³/mol. The first kappa shape index (κ1) is 15.0. The molecule has 10 heteroatoms. The van der Waals surface area contributed by atoms with Gasteiger partial charge < -0.3 is 5.11 Å². The molecule has 0 saturated carbocycles. The molecule has 0 bridgehead atoms. The Labute approximate surface area is 102 Å². The summed E-state index contributed by atoms with van der Waals surface area (Å²) in [6.45, 7) is -0.947. The summed E-state index contributed by atoms with van der Waals surface area (Å²) in [4.78, 5) is -0.889. The van der Waals surface area contributed by atoms with E-state index in [1.165, 1.54) is 4.13 Å². The van der Waals surface area contributed by atoms with E-state index in [4.69, 9.17) is 5.11 Å². The van der Waals surface area contributed by atoms with E-state index in [2.05, 4.69) is 0 Å². The Bertz CT molecular complexity index is 646. The second kappa shape index (κ2) is 4.88. The number of benzene rings is 1. The van der Waals surface area contributed by atoms with Crippen molar-refractivity contribution in [1.82, 2.24) is 4.13 Å². The summed E-state index contributed by atoms with van der Waals surface area (Å²) < 4.78 is 72.2. The molecule has 102 valence electrons. The van der Waals surface area contributed by atoms with Crippen molar-refractivity contribution in [3.05, 3.63) is 29.3 Å². The molecule has 0 spiro atoms. The molecular formula is C8H9F2NO5S2. The molecule has 0 aromatic heterocycles. The second-order valence-corrected chi connectivity index (χ2v) is 7.07. The number of aliphatic hydroxyl groups is 1. The van der Waals surface area contributed by atoms with Gasteiger partial charge in [-0.05, 0) is 12.1 Å². The Morgan fingerprint density at radius 2 is 1.61 bits per heavy atom. The number of hydrogen-bond donors (Lipinski definition) is 2. The molecule has 0 aliphatic heterocycles. The number of sulfonamides is 2. The normalized spacial score (nSPS) is 12.7. The largest absolute Gasteiger partial charge is 0.391 e. The van der Waals surface area contributed by atoms with Gasteiger partial charge in [0.25, 0.3) is 10.0 Å². The van der Waals surface area contributed by atoms with Gasteiger partial charge in [0.2, 0.25) is 10.0 Å². The zero-order valence-electron chi connectivity index (χ0n) is 9.01. The third-order valence-corrected chi connectivity index (χ3v) is 4.79. The highest BCUT2D eigenvalue weighted by molar-refractivity contribution is 8.04. The maximum absolute atomic E-state index is 13.2. The number of hydrogen-bond acceptors (Lipinski definition) is 5. The fraction of sp³-hybridized carbons (Fsp3) is 0.250. The molecule has 0 radical (unpaired) electrons. The topological polar surface area (TPSA) is 101 Å². The van der Waals surface area contributed by atoms with Gasteiger partial charge in [0, 0.05) is 5.56 Å². The van der Waals surface area contributed by atoms with Gasteiger partial charge in [-0.3, -0.25) is 0 Å². The van der Waals surface area contributed by atoms with Gasteiger partial charge in [-0.1, -0.05) is 0 Å². The van der Waals surface area contributed by atoms with Crippen molar-refractivity contribution < 1.29 is 30.7 Å². The smallest absolute Gasteiger partial charge is 0.253 e. The molecule has 1 aromatic carbocycles. The highest BCUT2D eigenvalue weighted by Crippen LogP contribution is 2.19. The van der Waals surface area contributed by atoms with Crippen molar-refractivity contribution >= 4 is 20.0 Å². The molecule has 1 aromatic rings. The lowest BCUT2D eigenvalue weighted by molar-refractivity contribution is 0.268. The van der Waals surface area contributed by atoms with E-state index in [0.29, 0.717) is 18.4 Å². The van der Waals surface area contributed by atoms with Crippen molar-refractivity contribution in [2.45, 2.75) is 11.5 Å². The van der Waals surface area contributed by atoms with Crippen LogP contribution in [0.25, 0.3) is 0 Å². The summed E-state index contributed by atoms with van der Waals surface area (Å²) in [6.07, 6.45) is 0.583. The summed E-state index contributed by atoms with van der Waals surface area (Å²) in [7, 11) is -8.69. The first-order valence-corrected chi connectivity index (χ1v) is 7.76. The van der Waals surface area contributed by atoms with E-state index in [-0.39, 0.29) is 0 Å². The fourth-order valence-corrected chi connectivity index (χ4v) is 3.63. The zero-order valence-corrected chi connectivity index (χ0v) is 10.6. The van der Waals surface area contributed by atoms with Crippen LogP contribution in [0.2, 0.25) is 0 Å². The first-order chi connectivity index (χ1) is 8.07. The highest BCUT2D eigenvalue weighted by atomic mass is 32.3. The predicted octanol–water partition coefficient (Wildman–Crippen LogP) is -0.305. The second-order valence-electron chi connectivity index (χ2n) is 3.38. The van der Waals surface area contributed by atoms with Crippen LogP contribution in [0.4, 0.5) is 8.78 Å². The lowest BCUT2D eigenvalue weighted by atomic mass is 10.2. The first-order valence-electron chi connectivity index (χ1n) is 4.39. The van der Waals surface area contributed by atoms with E-state index in [0.717, 1.165) is 0 Å². The fourth-order valence-electron chi connectivity index (χ4n) is 1.13. The molecule has 0 fully saturated rings. The molecule has 18 heavy (non-hydrogen) atoms. The molecule has 0 atom stereocenters. The van der Waals surface area contributed by atoms with Crippen LogP contribution < -0.4 is 4.13 Å². The average Bonchev–Trinajstić information content (AvgIpc) is 2.13. The maximum Gasteiger partial charge on any atom is 0.253 e. The van der Waals surface area contributed by atoms with Crippen molar-refractivity contribution in [3.8, 4) is 0 Å². The van der Waals surface area contributed by atoms with Crippen LogP contribution in [0.5, 0.6) is 0 Å². The number of halogens is 2. The lowest BCUT2D eigenvalue weighted by Crippen LogP contribution is -2.29. The van der Waals surface area contributed by atoms with Crippen molar-refractivity contribution in [3.63, 3.8) is 0 Å². The Kier molecular flexibility index (Phi) is 4.05. The van der Waals surface area contributed by atoms with Gasteiger partial charge in [0.15, 0.2) is 0 Å². The molecular weight excluding hydrogens is 292 g/mol. The van der Waals surface area contributed by atoms with Crippen LogP contribution in [0.3, 0.4) is 0 Å². The zero-order chi connectivity index (χ0) is 14.1. The van der Waals surface area contributed by atoms with Crippen LogP contribution >= 0.6 is 0 Å². The molecule has 6 nitrogen and oxygen atoms in total. The van der Waals surface area contributed by atoms with Gasteiger partial charge in [-0.15, -0.1) is 4.13 Å². The van der Waals surface area contributed by atoms with Crippen molar-refractivity contribution in [2.75, 3.05) is 6.26 Å². The van der Waals surface area contributed by atoms with E-state index < -0.39 is 48.7 Å². The quantitative estimate of drug-likeness (QED) is 0.795. The summed E-state index contributed by atoms with van der Waals surface area (Å²) >= 11 is 0. The SMILES string of the molecule is CS(=O)(=O)NS(=O)(=O)c1cc(F)c(CO)c(F)c1. The van der Waals surface area contributed by atoms with Gasteiger partial charge in [-0.25, -0.2) is 25.6 Å². The highest BCUT2D eigenvalue weighted by Gasteiger charge is 2.22. The Hall–Kier alpha value is -1.10. The van der Waals surface area contributed by atoms with E-state index in [1.807, 2.05) is 0 Å². The molecule has 0 unspecified atom stereocenters. The average molecular weight is 301 g/mol. The van der Waals surface area contributed by atoms with Crippen LogP contribution in [-0.2, 0) is 26.7 Å². The van der Waals surface area contributed by atoms with Crippen LogP contribution in [0.1, 0.15) is 5.56 Å². The van der Waals surface area contributed by atoms with Gasteiger partial charge in [0.05, 0.1) is 17.8 Å². The summed E-state index contributed by atoms with van der Waals surface area (Å²) in [5, 5.41) is 8.64. The Morgan fingerprint density at radius 1 is 1.17 bits per heavy atom. The monoisotopic (exact) mass is 301 g/mol. The standard InChI is InChI=1S/C8H9F2NO5S2/c1-17(13,14)11-18(15,16)5-2-7(9)6(4-12)8(10)3-5/h2-3,11-12H,4H2,1H3. The van der Waals surface area contributed by atoms with E-state index in [1.54, 1.807) is 0 Å². The molecule has 0 amide bonds. The third kappa shape index (κ3) is 3.45. The molecule has 0 saturated heterocycles. The van der Waals surface area contributed by atoms with Gasteiger partial charge >= 0.3 is 0 Å². The minimum Gasteiger partial charge on any atom is -0.391 e. The molecule has 0 aliphatic rings. The Balaban J connectivity index is 3.36. The summed E-state index contributed by atoms with van der Waals surface area (Å²) in [5.41, 5.74) is -0.701. The molecule has 2 N–H and O–H groups in total. The number of nitrogens with one attached hydrogen (secondary N) is 1. The number of rotatable bonds is 4. The van der Waals surface area contributed by atoms with Crippen LogP contribution in [0.15, 0.2) is 17.0 Å². The molecule has 0 heterocycles. The molecule has 0 aliphatic carbocycles. The summed E-state index contributed by atoms with van der Waals surface area (Å²) in [5.74, 6) is -2.57. The third-order valence-electron chi connectivity index (χ3n) is 1.84. The van der Waals surface area contributed by atoms with Crippen LogP contribution in [0, 0.1) is 11.6 Å². The summed E-state index contributed by atoms with van der Waals surface area (Å²) in [6, 6.07) is 0.838.